The number of anilines is 2. The number of hydrogen-bond acceptors (Lipinski definition) is 6. The van der Waals surface area contributed by atoms with Crippen LogP contribution < -0.4 is 10.9 Å². The number of nitrogens with zero attached hydrogens (tertiary/aromatic N) is 3. The predicted octanol–water partition coefficient (Wildman–Crippen LogP) is 1.97. The SMILES string of the molecule is O=c1ccc2cc(Nc3ncc([N+](=O)[O-])cn3)ccc2[nH]1. The number of benzene rings is 1. The van der Waals surface area contributed by atoms with E-state index >= 15 is 0 Å². The molecule has 0 bridgehead atoms. The lowest BCUT2D eigenvalue weighted by molar-refractivity contribution is -0.385. The first-order chi connectivity index (χ1) is 10.1. The van der Waals surface area contributed by atoms with E-state index in [4.69, 9.17) is 0 Å². The fourth-order valence-electron chi connectivity index (χ4n) is 1.84. The summed E-state index contributed by atoms with van der Waals surface area (Å²) in [6.45, 7) is 0. The highest BCUT2D eigenvalue weighted by atomic mass is 16.6. The molecule has 0 spiro atoms. The minimum Gasteiger partial charge on any atom is -0.324 e. The molecule has 2 N–H and O–H groups in total. The summed E-state index contributed by atoms with van der Waals surface area (Å²) < 4.78 is 0. The lowest BCUT2D eigenvalue weighted by Gasteiger charge is -2.05. The molecule has 21 heavy (non-hydrogen) atoms. The van der Waals surface area contributed by atoms with Gasteiger partial charge < -0.3 is 10.3 Å². The smallest absolute Gasteiger partial charge is 0.305 e. The van der Waals surface area contributed by atoms with Crippen LogP contribution in [0.2, 0.25) is 0 Å². The van der Waals surface area contributed by atoms with Gasteiger partial charge in [0.05, 0.1) is 4.92 Å². The normalized spacial score (nSPS) is 10.5. The molecule has 1 aromatic carbocycles. The molecule has 2 aromatic heterocycles. The standard InChI is InChI=1S/C13H9N5O3/c19-12-4-1-8-5-9(2-3-11(8)17-12)16-13-14-6-10(7-15-13)18(20)21/h1-7H,(H,17,19)(H,14,15,16). The van der Waals surface area contributed by atoms with Gasteiger partial charge >= 0.3 is 5.69 Å². The number of fused-ring (bicyclic) bond motifs is 1. The number of aromatic amines is 1. The van der Waals surface area contributed by atoms with E-state index in [1.807, 2.05) is 6.07 Å². The molecule has 0 atom stereocenters. The van der Waals surface area contributed by atoms with Crippen molar-refractivity contribution in [3.63, 3.8) is 0 Å². The molecule has 0 saturated carbocycles. The molecule has 0 aliphatic rings. The van der Waals surface area contributed by atoms with Crippen molar-refractivity contribution in [1.82, 2.24) is 15.0 Å². The van der Waals surface area contributed by atoms with Gasteiger partial charge in [-0.1, -0.05) is 0 Å². The zero-order chi connectivity index (χ0) is 14.8. The number of rotatable bonds is 3. The second-order valence-corrected chi connectivity index (χ2v) is 4.27. The maximum absolute atomic E-state index is 11.2. The maximum Gasteiger partial charge on any atom is 0.305 e. The molecule has 0 unspecified atom stereocenters. The highest BCUT2D eigenvalue weighted by Gasteiger charge is 2.07. The van der Waals surface area contributed by atoms with Gasteiger partial charge in [0.1, 0.15) is 12.4 Å². The Hall–Kier alpha value is -3.29. The molecule has 2 heterocycles. The Balaban J connectivity index is 1.89. The zero-order valence-corrected chi connectivity index (χ0v) is 10.6. The number of hydrogen-bond donors (Lipinski definition) is 2. The van der Waals surface area contributed by atoms with E-state index in [-0.39, 0.29) is 17.2 Å². The van der Waals surface area contributed by atoms with Gasteiger partial charge in [-0.2, -0.15) is 0 Å². The summed E-state index contributed by atoms with van der Waals surface area (Å²) >= 11 is 0. The van der Waals surface area contributed by atoms with Gasteiger partial charge in [0.2, 0.25) is 11.5 Å². The number of H-pyrrole nitrogens is 1. The molecule has 0 fully saturated rings. The molecule has 3 rings (SSSR count). The summed E-state index contributed by atoms with van der Waals surface area (Å²) in [5.74, 6) is 0.254. The number of nitro groups is 1. The van der Waals surface area contributed by atoms with Crippen molar-refractivity contribution in [3.8, 4) is 0 Å². The molecule has 0 radical (unpaired) electrons. The molecular formula is C13H9N5O3. The average molecular weight is 283 g/mol. The van der Waals surface area contributed by atoms with E-state index in [0.29, 0.717) is 5.69 Å². The number of aromatic nitrogens is 3. The van der Waals surface area contributed by atoms with Crippen molar-refractivity contribution in [1.29, 1.82) is 0 Å². The molecule has 0 aliphatic carbocycles. The molecule has 104 valence electrons. The third-order valence-electron chi connectivity index (χ3n) is 2.83. The number of nitrogens with one attached hydrogen (secondary N) is 2. The Morgan fingerprint density at radius 1 is 1.14 bits per heavy atom. The van der Waals surface area contributed by atoms with Gasteiger partial charge in [-0.05, 0) is 24.3 Å². The van der Waals surface area contributed by atoms with Crippen molar-refractivity contribution in [3.05, 3.63) is 63.2 Å². The van der Waals surface area contributed by atoms with Crippen LogP contribution in [0, 0.1) is 10.1 Å². The largest absolute Gasteiger partial charge is 0.324 e. The third-order valence-corrected chi connectivity index (χ3v) is 2.83. The summed E-state index contributed by atoms with van der Waals surface area (Å²) in [6, 6.07) is 8.47. The summed E-state index contributed by atoms with van der Waals surface area (Å²) in [7, 11) is 0. The Labute approximate surface area is 117 Å². The van der Waals surface area contributed by atoms with E-state index in [0.717, 1.165) is 23.3 Å². The summed E-state index contributed by atoms with van der Waals surface area (Å²) in [5, 5.41) is 14.3. The van der Waals surface area contributed by atoms with E-state index in [1.165, 1.54) is 6.07 Å². The van der Waals surface area contributed by atoms with E-state index in [9.17, 15) is 14.9 Å². The van der Waals surface area contributed by atoms with Crippen molar-refractivity contribution >= 4 is 28.2 Å². The van der Waals surface area contributed by atoms with Crippen LogP contribution in [-0.4, -0.2) is 19.9 Å². The van der Waals surface area contributed by atoms with Gasteiger partial charge in [0, 0.05) is 22.7 Å². The van der Waals surface area contributed by atoms with Gasteiger partial charge in [-0.25, -0.2) is 9.97 Å². The fraction of sp³-hybridized carbons (Fsp3) is 0. The minimum atomic E-state index is -0.559. The van der Waals surface area contributed by atoms with E-state index in [1.54, 1.807) is 18.2 Å². The lowest BCUT2D eigenvalue weighted by atomic mass is 10.2. The Kier molecular flexibility index (Phi) is 3.03. The van der Waals surface area contributed by atoms with Crippen molar-refractivity contribution in [2.24, 2.45) is 0 Å². The molecular weight excluding hydrogens is 274 g/mol. The average Bonchev–Trinajstić information content (AvgIpc) is 2.48. The Morgan fingerprint density at radius 2 is 1.90 bits per heavy atom. The van der Waals surface area contributed by atoms with E-state index in [2.05, 4.69) is 20.3 Å². The summed E-state index contributed by atoms with van der Waals surface area (Å²) in [5.41, 5.74) is 1.10. The molecule has 0 aliphatic heterocycles. The molecule has 3 aromatic rings. The van der Waals surface area contributed by atoms with Crippen LogP contribution in [0.1, 0.15) is 0 Å². The van der Waals surface area contributed by atoms with Crippen LogP contribution in [0.5, 0.6) is 0 Å². The quantitative estimate of drug-likeness (QED) is 0.561. The highest BCUT2D eigenvalue weighted by Crippen LogP contribution is 2.19. The third kappa shape index (κ3) is 2.68. The van der Waals surface area contributed by atoms with Crippen LogP contribution in [0.3, 0.4) is 0 Å². The highest BCUT2D eigenvalue weighted by molar-refractivity contribution is 5.82. The summed E-state index contributed by atoms with van der Waals surface area (Å²) in [6.07, 6.45) is 2.27. The van der Waals surface area contributed by atoms with Crippen LogP contribution in [0.15, 0.2) is 47.5 Å². The topological polar surface area (TPSA) is 114 Å². The molecule has 0 amide bonds. The molecule has 8 nitrogen and oxygen atoms in total. The second kappa shape index (κ2) is 5.00. The fourth-order valence-corrected chi connectivity index (χ4v) is 1.84. The van der Waals surface area contributed by atoms with Gasteiger partial charge in [0.25, 0.3) is 0 Å². The van der Waals surface area contributed by atoms with Crippen molar-refractivity contribution in [2.75, 3.05) is 5.32 Å². The van der Waals surface area contributed by atoms with Crippen LogP contribution >= 0.6 is 0 Å². The van der Waals surface area contributed by atoms with Crippen LogP contribution in [0.25, 0.3) is 10.9 Å². The predicted molar refractivity (Wildman–Crippen MR) is 76.5 cm³/mol. The Bertz CT molecular complexity index is 873. The Morgan fingerprint density at radius 3 is 2.62 bits per heavy atom. The second-order valence-electron chi connectivity index (χ2n) is 4.27. The van der Waals surface area contributed by atoms with Crippen LogP contribution in [-0.2, 0) is 0 Å². The molecule has 8 heteroatoms. The first-order valence-corrected chi connectivity index (χ1v) is 5.98. The summed E-state index contributed by atoms with van der Waals surface area (Å²) in [4.78, 5) is 31.6. The van der Waals surface area contributed by atoms with Gasteiger partial charge in [-0.3, -0.25) is 14.9 Å². The van der Waals surface area contributed by atoms with Gasteiger partial charge in [-0.15, -0.1) is 0 Å². The number of pyridine rings is 1. The van der Waals surface area contributed by atoms with Crippen molar-refractivity contribution in [2.45, 2.75) is 0 Å². The van der Waals surface area contributed by atoms with Crippen molar-refractivity contribution < 1.29 is 4.92 Å². The van der Waals surface area contributed by atoms with Crippen LogP contribution in [0.4, 0.5) is 17.3 Å². The monoisotopic (exact) mass is 283 g/mol. The zero-order valence-electron chi connectivity index (χ0n) is 10.6. The first-order valence-electron chi connectivity index (χ1n) is 5.98. The first kappa shape index (κ1) is 12.7. The van der Waals surface area contributed by atoms with Gasteiger partial charge in [0.15, 0.2) is 0 Å². The molecule has 0 saturated heterocycles. The minimum absolute atomic E-state index is 0.165. The van der Waals surface area contributed by atoms with E-state index < -0.39 is 4.92 Å². The lowest BCUT2D eigenvalue weighted by Crippen LogP contribution is -2.02. The maximum atomic E-state index is 11.2.